The van der Waals surface area contributed by atoms with Crippen molar-refractivity contribution in [3.05, 3.63) is 65.0 Å². The van der Waals surface area contributed by atoms with Gasteiger partial charge in [0.15, 0.2) is 0 Å². The highest BCUT2D eigenvalue weighted by molar-refractivity contribution is 6.17. The normalized spacial score (nSPS) is 10.4. The Labute approximate surface area is 128 Å². The van der Waals surface area contributed by atoms with Crippen LogP contribution < -0.4 is 5.32 Å². The lowest BCUT2D eigenvalue weighted by Crippen LogP contribution is -2.13. The van der Waals surface area contributed by atoms with Crippen LogP contribution in [0, 0.1) is 12.7 Å². The third kappa shape index (κ3) is 4.30. The maximum Gasteiger partial charge on any atom is 0.255 e. The average molecular weight is 306 g/mol. The Bertz CT molecular complexity index is 642. The van der Waals surface area contributed by atoms with E-state index in [0.717, 1.165) is 24.1 Å². The highest BCUT2D eigenvalue weighted by atomic mass is 35.5. The highest BCUT2D eigenvalue weighted by Crippen LogP contribution is 2.16. The van der Waals surface area contributed by atoms with E-state index in [1.807, 2.05) is 24.3 Å². The van der Waals surface area contributed by atoms with E-state index in [2.05, 4.69) is 5.32 Å². The van der Waals surface area contributed by atoms with Crippen LogP contribution >= 0.6 is 11.6 Å². The van der Waals surface area contributed by atoms with Gasteiger partial charge in [-0.1, -0.05) is 12.1 Å². The number of hydrogen-bond donors (Lipinski definition) is 1. The van der Waals surface area contributed by atoms with Gasteiger partial charge in [-0.15, -0.1) is 11.6 Å². The molecule has 2 nitrogen and oxygen atoms in total. The Morgan fingerprint density at radius 2 is 2.05 bits per heavy atom. The fraction of sp³-hybridized carbons (Fsp3) is 0.235. The molecule has 2 rings (SSSR count). The summed E-state index contributed by atoms with van der Waals surface area (Å²) < 4.78 is 13.1. The molecule has 0 aromatic heterocycles. The van der Waals surface area contributed by atoms with Gasteiger partial charge in [-0.2, -0.15) is 0 Å². The fourth-order valence-electron chi connectivity index (χ4n) is 2.16. The van der Waals surface area contributed by atoms with E-state index in [4.69, 9.17) is 11.6 Å². The van der Waals surface area contributed by atoms with Crippen LogP contribution in [0.25, 0.3) is 0 Å². The Morgan fingerprint density at radius 1 is 1.24 bits per heavy atom. The van der Waals surface area contributed by atoms with E-state index in [-0.39, 0.29) is 11.7 Å². The minimum absolute atomic E-state index is 0.234. The molecule has 110 valence electrons. The molecule has 21 heavy (non-hydrogen) atoms. The summed E-state index contributed by atoms with van der Waals surface area (Å²) in [5, 5.41) is 2.84. The zero-order valence-corrected chi connectivity index (χ0v) is 12.6. The van der Waals surface area contributed by atoms with E-state index in [9.17, 15) is 9.18 Å². The summed E-state index contributed by atoms with van der Waals surface area (Å²) in [5.74, 6) is 0.0415. The van der Waals surface area contributed by atoms with Gasteiger partial charge in [0, 0.05) is 17.1 Å². The van der Waals surface area contributed by atoms with Gasteiger partial charge in [0.25, 0.3) is 5.91 Å². The molecule has 4 heteroatoms. The van der Waals surface area contributed by atoms with E-state index in [1.165, 1.54) is 18.2 Å². The second kappa shape index (κ2) is 7.23. The SMILES string of the molecule is Cc1cc(F)ccc1C(=O)Nc1cccc(CCCCl)c1. The number of anilines is 1. The summed E-state index contributed by atoms with van der Waals surface area (Å²) in [6, 6.07) is 11.8. The number of amides is 1. The van der Waals surface area contributed by atoms with Crippen molar-refractivity contribution in [3.8, 4) is 0 Å². The number of benzene rings is 2. The summed E-state index contributed by atoms with van der Waals surface area (Å²) >= 11 is 5.69. The number of halogens is 2. The van der Waals surface area contributed by atoms with Crippen LogP contribution in [-0.2, 0) is 6.42 Å². The van der Waals surface area contributed by atoms with E-state index in [0.29, 0.717) is 17.0 Å². The number of carbonyl (C=O) groups is 1. The van der Waals surface area contributed by atoms with Crippen LogP contribution in [0.15, 0.2) is 42.5 Å². The lowest BCUT2D eigenvalue weighted by molar-refractivity contribution is 0.102. The van der Waals surface area contributed by atoms with Gasteiger partial charge in [-0.25, -0.2) is 4.39 Å². The van der Waals surface area contributed by atoms with Crippen molar-refractivity contribution in [2.75, 3.05) is 11.2 Å². The largest absolute Gasteiger partial charge is 0.322 e. The van der Waals surface area contributed by atoms with E-state index in [1.54, 1.807) is 6.92 Å². The van der Waals surface area contributed by atoms with Gasteiger partial charge in [0.2, 0.25) is 0 Å². The lowest BCUT2D eigenvalue weighted by Gasteiger charge is -2.09. The molecule has 0 aliphatic carbocycles. The number of carbonyl (C=O) groups excluding carboxylic acids is 1. The first kappa shape index (κ1) is 15.5. The number of aryl methyl sites for hydroxylation is 2. The monoisotopic (exact) mass is 305 g/mol. The molecule has 0 bridgehead atoms. The minimum atomic E-state index is -0.341. The number of nitrogens with one attached hydrogen (secondary N) is 1. The molecule has 0 unspecified atom stereocenters. The van der Waals surface area contributed by atoms with Crippen LogP contribution in [-0.4, -0.2) is 11.8 Å². The smallest absolute Gasteiger partial charge is 0.255 e. The zero-order chi connectivity index (χ0) is 15.2. The maximum absolute atomic E-state index is 13.1. The van der Waals surface area contributed by atoms with Gasteiger partial charge >= 0.3 is 0 Å². The average Bonchev–Trinajstić information content (AvgIpc) is 2.45. The lowest BCUT2D eigenvalue weighted by atomic mass is 10.1. The molecular weight excluding hydrogens is 289 g/mol. The zero-order valence-electron chi connectivity index (χ0n) is 11.8. The number of hydrogen-bond acceptors (Lipinski definition) is 1. The van der Waals surface area contributed by atoms with Crippen molar-refractivity contribution in [1.82, 2.24) is 0 Å². The van der Waals surface area contributed by atoms with Crippen molar-refractivity contribution in [2.24, 2.45) is 0 Å². The van der Waals surface area contributed by atoms with Crippen LogP contribution in [0.3, 0.4) is 0 Å². The van der Waals surface area contributed by atoms with Gasteiger partial charge in [0.05, 0.1) is 0 Å². The summed E-state index contributed by atoms with van der Waals surface area (Å²) in [4.78, 5) is 12.2. The molecule has 0 saturated carbocycles. The molecule has 0 fully saturated rings. The third-order valence-electron chi connectivity index (χ3n) is 3.22. The molecule has 2 aromatic carbocycles. The topological polar surface area (TPSA) is 29.1 Å². The highest BCUT2D eigenvalue weighted by Gasteiger charge is 2.10. The molecule has 1 amide bonds. The van der Waals surface area contributed by atoms with Crippen molar-refractivity contribution < 1.29 is 9.18 Å². The minimum Gasteiger partial charge on any atom is -0.322 e. The second-order valence-corrected chi connectivity index (χ2v) is 5.28. The standard InChI is InChI=1S/C17H17ClFNO/c1-12-10-14(19)7-8-16(12)17(21)20-15-6-2-4-13(11-15)5-3-9-18/h2,4,6-8,10-11H,3,5,9H2,1H3,(H,20,21). The van der Waals surface area contributed by atoms with Crippen LogP contribution in [0.4, 0.5) is 10.1 Å². The van der Waals surface area contributed by atoms with Crippen molar-refractivity contribution in [2.45, 2.75) is 19.8 Å². The third-order valence-corrected chi connectivity index (χ3v) is 3.48. The molecular formula is C17H17ClFNO. The summed E-state index contributed by atoms with van der Waals surface area (Å²) in [6.45, 7) is 1.72. The molecule has 0 radical (unpaired) electrons. The number of rotatable bonds is 5. The van der Waals surface area contributed by atoms with E-state index >= 15 is 0 Å². The Kier molecular flexibility index (Phi) is 5.34. The van der Waals surface area contributed by atoms with Gasteiger partial charge in [0.1, 0.15) is 5.82 Å². The quantitative estimate of drug-likeness (QED) is 0.806. The Morgan fingerprint density at radius 3 is 2.76 bits per heavy atom. The molecule has 0 aliphatic rings. The van der Waals surface area contributed by atoms with Gasteiger partial charge in [-0.05, 0) is 61.2 Å². The predicted octanol–water partition coefficient (Wildman–Crippen LogP) is 4.56. The van der Waals surface area contributed by atoms with Crippen LogP contribution in [0.1, 0.15) is 27.9 Å². The Balaban J connectivity index is 2.12. The molecule has 2 aromatic rings. The van der Waals surface area contributed by atoms with Crippen molar-refractivity contribution in [3.63, 3.8) is 0 Å². The molecule has 0 saturated heterocycles. The van der Waals surface area contributed by atoms with Crippen molar-refractivity contribution >= 4 is 23.2 Å². The first-order chi connectivity index (χ1) is 10.1. The Hall–Kier alpha value is -1.87. The second-order valence-electron chi connectivity index (χ2n) is 4.91. The molecule has 1 N–H and O–H groups in total. The first-order valence-electron chi connectivity index (χ1n) is 6.82. The first-order valence-corrected chi connectivity index (χ1v) is 7.36. The van der Waals surface area contributed by atoms with Crippen LogP contribution in [0.2, 0.25) is 0 Å². The fourth-order valence-corrected chi connectivity index (χ4v) is 2.29. The molecule has 0 atom stereocenters. The van der Waals surface area contributed by atoms with Gasteiger partial charge in [-0.3, -0.25) is 4.79 Å². The van der Waals surface area contributed by atoms with E-state index < -0.39 is 0 Å². The molecule has 0 spiro atoms. The van der Waals surface area contributed by atoms with Crippen molar-refractivity contribution in [1.29, 1.82) is 0 Å². The molecule has 0 aliphatic heterocycles. The number of alkyl halides is 1. The van der Waals surface area contributed by atoms with Crippen LogP contribution in [0.5, 0.6) is 0 Å². The predicted molar refractivity (Wildman–Crippen MR) is 84.6 cm³/mol. The summed E-state index contributed by atoms with van der Waals surface area (Å²) in [6.07, 6.45) is 1.78. The summed E-state index contributed by atoms with van der Waals surface area (Å²) in [7, 11) is 0. The molecule has 0 heterocycles. The maximum atomic E-state index is 13.1. The van der Waals surface area contributed by atoms with Gasteiger partial charge < -0.3 is 5.32 Å². The summed E-state index contributed by atoms with van der Waals surface area (Å²) in [5.41, 5.74) is 2.95.